The SMILES string of the molecule is COOB(O)c1ccc(C(F)(F)F)cc1. The van der Waals surface area contributed by atoms with Crippen LogP contribution in [-0.2, 0) is 15.9 Å². The molecule has 0 bridgehead atoms. The van der Waals surface area contributed by atoms with Crippen molar-refractivity contribution in [2.75, 3.05) is 7.11 Å². The van der Waals surface area contributed by atoms with Crippen molar-refractivity contribution in [1.82, 2.24) is 0 Å². The largest absolute Gasteiger partial charge is 0.522 e. The summed E-state index contributed by atoms with van der Waals surface area (Å²) in [5.41, 5.74) is -0.597. The zero-order valence-corrected chi connectivity index (χ0v) is 7.78. The first-order valence-corrected chi connectivity index (χ1v) is 4.00. The predicted molar refractivity (Wildman–Crippen MR) is 47.1 cm³/mol. The van der Waals surface area contributed by atoms with Crippen molar-refractivity contribution >= 4 is 12.6 Å². The number of hydrogen-bond donors (Lipinski definition) is 1. The Morgan fingerprint density at radius 2 is 1.73 bits per heavy atom. The average Bonchev–Trinajstić information content (AvgIpc) is 2.17. The number of benzene rings is 1. The van der Waals surface area contributed by atoms with Crippen LogP contribution < -0.4 is 5.46 Å². The highest BCUT2D eigenvalue weighted by molar-refractivity contribution is 6.59. The van der Waals surface area contributed by atoms with Crippen LogP contribution in [0.15, 0.2) is 24.3 Å². The lowest BCUT2D eigenvalue weighted by molar-refractivity contribution is -0.193. The minimum atomic E-state index is -4.38. The van der Waals surface area contributed by atoms with Crippen LogP contribution in [0.1, 0.15) is 5.56 Å². The third-order valence-corrected chi connectivity index (χ3v) is 1.71. The molecule has 0 aliphatic rings. The van der Waals surface area contributed by atoms with Crippen molar-refractivity contribution in [2.24, 2.45) is 0 Å². The van der Waals surface area contributed by atoms with E-state index in [0.717, 1.165) is 24.3 Å². The fourth-order valence-electron chi connectivity index (χ4n) is 0.983. The summed E-state index contributed by atoms with van der Waals surface area (Å²) in [7, 11) is -0.204. The lowest BCUT2D eigenvalue weighted by Gasteiger charge is -2.08. The van der Waals surface area contributed by atoms with Crippen LogP contribution in [0.25, 0.3) is 0 Å². The molecule has 0 aliphatic carbocycles. The molecule has 0 fully saturated rings. The summed E-state index contributed by atoms with van der Waals surface area (Å²) in [5.74, 6) is 0. The Morgan fingerprint density at radius 1 is 1.20 bits per heavy atom. The first kappa shape index (κ1) is 12.0. The summed E-state index contributed by atoms with van der Waals surface area (Å²) in [4.78, 5) is 8.51. The summed E-state index contributed by atoms with van der Waals surface area (Å²) < 4.78 is 36.5. The van der Waals surface area contributed by atoms with Gasteiger partial charge in [0.1, 0.15) is 0 Å². The van der Waals surface area contributed by atoms with Crippen molar-refractivity contribution in [3.05, 3.63) is 29.8 Å². The standard InChI is InChI=1S/C8H8BF3O3/c1-14-15-9(13)7-4-2-6(3-5-7)8(10,11)12/h2-5,13H,1H3. The molecule has 0 aliphatic heterocycles. The molecular formula is C8H8BF3O3. The van der Waals surface area contributed by atoms with Gasteiger partial charge in [0.15, 0.2) is 0 Å². The highest BCUT2D eigenvalue weighted by Gasteiger charge is 2.30. The smallest absolute Gasteiger partial charge is 0.422 e. The van der Waals surface area contributed by atoms with Crippen LogP contribution in [0, 0.1) is 0 Å². The van der Waals surface area contributed by atoms with Crippen molar-refractivity contribution < 1.29 is 27.9 Å². The molecule has 1 aromatic carbocycles. The monoisotopic (exact) mass is 220 g/mol. The van der Waals surface area contributed by atoms with Gasteiger partial charge in [-0.05, 0) is 5.46 Å². The number of alkyl halides is 3. The van der Waals surface area contributed by atoms with Crippen molar-refractivity contribution in [3.8, 4) is 0 Å². The quantitative estimate of drug-likeness (QED) is 0.468. The summed E-state index contributed by atoms with van der Waals surface area (Å²) in [6.45, 7) is 0. The van der Waals surface area contributed by atoms with E-state index in [0.29, 0.717) is 0 Å². The van der Waals surface area contributed by atoms with Gasteiger partial charge < -0.3 is 5.02 Å². The Labute approximate surface area is 84.5 Å². The van der Waals surface area contributed by atoms with Gasteiger partial charge in [-0.1, -0.05) is 24.3 Å². The molecule has 15 heavy (non-hydrogen) atoms. The molecule has 0 saturated heterocycles. The van der Waals surface area contributed by atoms with Gasteiger partial charge in [-0.15, -0.1) is 0 Å². The first-order chi connectivity index (χ1) is 6.95. The molecule has 0 spiro atoms. The first-order valence-electron chi connectivity index (χ1n) is 4.00. The van der Waals surface area contributed by atoms with Gasteiger partial charge in [-0.3, -0.25) is 9.69 Å². The maximum Gasteiger partial charge on any atom is 0.522 e. The van der Waals surface area contributed by atoms with E-state index < -0.39 is 18.9 Å². The zero-order valence-electron chi connectivity index (χ0n) is 7.78. The average molecular weight is 220 g/mol. The Morgan fingerprint density at radius 3 is 2.13 bits per heavy atom. The molecule has 0 heterocycles. The molecule has 1 N–H and O–H groups in total. The van der Waals surface area contributed by atoms with Crippen LogP contribution in [0.4, 0.5) is 13.2 Å². The van der Waals surface area contributed by atoms with Crippen molar-refractivity contribution in [1.29, 1.82) is 0 Å². The van der Waals surface area contributed by atoms with Crippen LogP contribution in [0.5, 0.6) is 0 Å². The van der Waals surface area contributed by atoms with Gasteiger partial charge in [0.25, 0.3) is 0 Å². The van der Waals surface area contributed by atoms with E-state index in [1.807, 2.05) is 0 Å². The predicted octanol–water partition coefficient (Wildman–Crippen LogP) is 0.971. The van der Waals surface area contributed by atoms with Crippen molar-refractivity contribution in [3.63, 3.8) is 0 Å². The van der Waals surface area contributed by atoms with Gasteiger partial charge in [0, 0.05) is 0 Å². The Hall–Kier alpha value is -1.05. The minimum absolute atomic E-state index is 0.185. The van der Waals surface area contributed by atoms with Gasteiger partial charge in [0.2, 0.25) is 0 Å². The fraction of sp³-hybridized carbons (Fsp3) is 0.250. The molecule has 7 heteroatoms. The third kappa shape index (κ3) is 3.23. The number of halogens is 3. The summed E-state index contributed by atoms with van der Waals surface area (Å²) >= 11 is 0. The summed E-state index contributed by atoms with van der Waals surface area (Å²) in [6.07, 6.45) is -4.38. The van der Waals surface area contributed by atoms with Gasteiger partial charge in [-0.25, -0.2) is 0 Å². The van der Waals surface area contributed by atoms with E-state index in [1.165, 1.54) is 7.11 Å². The lowest BCUT2D eigenvalue weighted by Crippen LogP contribution is -2.33. The van der Waals surface area contributed by atoms with Gasteiger partial charge in [-0.2, -0.15) is 13.2 Å². The van der Waals surface area contributed by atoms with E-state index in [-0.39, 0.29) is 5.46 Å². The molecule has 0 atom stereocenters. The van der Waals surface area contributed by atoms with E-state index in [4.69, 9.17) is 0 Å². The van der Waals surface area contributed by atoms with Crippen LogP contribution in [0.3, 0.4) is 0 Å². The van der Waals surface area contributed by atoms with Crippen LogP contribution >= 0.6 is 0 Å². The second-order valence-corrected chi connectivity index (χ2v) is 2.74. The maximum absolute atomic E-state index is 12.2. The zero-order chi connectivity index (χ0) is 11.5. The molecule has 0 amide bonds. The summed E-state index contributed by atoms with van der Waals surface area (Å²) in [5, 5.41) is 9.19. The van der Waals surface area contributed by atoms with Gasteiger partial charge >= 0.3 is 13.3 Å². The normalized spacial score (nSPS) is 11.5. The Bertz CT molecular complexity index is 312. The highest BCUT2D eigenvalue weighted by Crippen LogP contribution is 2.28. The Balaban J connectivity index is 2.81. The third-order valence-electron chi connectivity index (χ3n) is 1.71. The van der Waals surface area contributed by atoms with Crippen molar-refractivity contribution in [2.45, 2.75) is 6.18 Å². The number of rotatable bonds is 3. The topological polar surface area (TPSA) is 38.7 Å². The second-order valence-electron chi connectivity index (χ2n) is 2.74. The lowest BCUT2D eigenvalue weighted by atomic mass is 9.80. The molecular weight excluding hydrogens is 212 g/mol. The highest BCUT2D eigenvalue weighted by atomic mass is 19.4. The molecule has 3 nitrogen and oxygen atoms in total. The summed E-state index contributed by atoms with van der Waals surface area (Å²) in [6, 6.07) is 3.95. The fourth-order valence-corrected chi connectivity index (χ4v) is 0.983. The van der Waals surface area contributed by atoms with E-state index in [2.05, 4.69) is 9.69 Å². The molecule has 0 aromatic heterocycles. The number of hydrogen-bond acceptors (Lipinski definition) is 3. The van der Waals surface area contributed by atoms with E-state index in [1.54, 1.807) is 0 Å². The maximum atomic E-state index is 12.2. The van der Waals surface area contributed by atoms with Crippen LogP contribution in [-0.4, -0.2) is 19.3 Å². The molecule has 1 aromatic rings. The molecule has 82 valence electrons. The van der Waals surface area contributed by atoms with E-state index in [9.17, 15) is 18.2 Å². The second kappa shape index (κ2) is 4.65. The van der Waals surface area contributed by atoms with Gasteiger partial charge in [0.05, 0.1) is 12.7 Å². The molecule has 0 radical (unpaired) electrons. The molecule has 0 unspecified atom stereocenters. The minimum Gasteiger partial charge on any atom is -0.422 e. The molecule has 0 saturated carbocycles. The molecule has 1 rings (SSSR count). The Kier molecular flexibility index (Phi) is 3.73. The van der Waals surface area contributed by atoms with E-state index >= 15 is 0 Å². The van der Waals surface area contributed by atoms with Crippen LogP contribution in [0.2, 0.25) is 0 Å².